The van der Waals surface area contributed by atoms with E-state index in [1.807, 2.05) is 6.92 Å². The molecule has 2 aromatic rings. The van der Waals surface area contributed by atoms with Crippen molar-refractivity contribution in [1.82, 2.24) is 0 Å². The molecule has 1 saturated heterocycles. The molecule has 2 unspecified atom stereocenters. The second kappa shape index (κ2) is 25.3. The molecule has 0 radical (unpaired) electrons. The fourth-order valence-electron chi connectivity index (χ4n) is 5.43. The van der Waals surface area contributed by atoms with Crippen LogP contribution in [0.15, 0.2) is 59.8 Å². The first-order valence-corrected chi connectivity index (χ1v) is 19.1. The lowest BCUT2D eigenvalue weighted by molar-refractivity contribution is -0.697. The number of aryl methyl sites for hydroxylation is 2. The fourth-order valence-corrected chi connectivity index (χ4v) is 5.90. The average Bonchev–Trinajstić information content (AvgIpc) is 3.49. The summed E-state index contributed by atoms with van der Waals surface area (Å²) in [5.41, 5.74) is 0.928. The molecule has 3 rings (SSSR count). The Balaban J connectivity index is 0.000000537. The van der Waals surface area contributed by atoms with Crippen molar-refractivity contribution in [3.05, 3.63) is 60.4 Å². The third-order valence-electron chi connectivity index (χ3n) is 8.20. The van der Waals surface area contributed by atoms with Crippen LogP contribution in [0.25, 0.3) is 0 Å². The molecule has 0 aliphatic carbocycles. The van der Waals surface area contributed by atoms with Crippen molar-refractivity contribution in [3.63, 3.8) is 0 Å². The molecule has 45 heavy (non-hydrogen) atoms. The summed E-state index contributed by atoms with van der Waals surface area (Å²) in [5.74, 6) is 0. The smallest absolute Gasteiger partial charge is 0.168 e. The van der Waals surface area contributed by atoms with Gasteiger partial charge in [-0.2, -0.15) is 0 Å². The van der Waals surface area contributed by atoms with Crippen molar-refractivity contribution >= 4 is 10.1 Å². The molecule has 1 aromatic heterocycles. The molecule has 2 atom stereocenters. The van der Waals surface area contributed by atoms with Gasteiger partial charge in [-0.3, -0.25) is 0 Å². The minimum absolute atomic E-state index is 0.00297. The Bertz CT molecular complexity index is 1060. The zero-order valence-electron chi connectivity index (χ0n) is 28.2. The minimum atomic E-state index is -4.27. The lowest BCUT2D eigenvalue weighted by atomic mass is 10.0. The number of aromatic nitrogens is 1. The van der Waals surface area contributed by atoms with Crippen LogP contribution in [0.5, 0.6) is 0 Å². The molecule has 0 saturated carbocycles. The Morgan fingerprint density at radius 2 is 1.33 bits per heavy atom. The Hall–Kier alpha value is -1.84. The lowest BCUT2D eigenvalue weighted by Gasteiger charge is -2.12. The number of hydrogen-bond acceptors (Lipinski definition) is 6. The van der Waals surface area contributed by atoms with Crippen LogP contribution in [0.4, 0.5) is 0 Å². The van der Waals surface area contributed by atoms with Gasteiger partial charge < -0.3 is 18.8 Å². The number of rotatable bonds is 24. The van der Waals surface area contributed by atoms with Gasteiger partial charge in [0.25, 0.3) is 0 Å². The molecule has 1 aliphatic rings. The maximum atomic E-state index is 10.4. The molecule has 8 heteroatoms. The van der Waals surface area contributed by atoms with Gasteiger partial charge in [0, 0.05) is 25.2 Å². The van der Waals surface area contributed by atoms with Gasteiger partial charge in [0.2, 0.25) is 0 Å². The monoisotopic (exact) mass is 647 g/mol. The Labute approximate surface area is 274 Å². The highest BCUT2D eigenvalue weighted by Crippen LogP contribution is 2.19. The van der Waals surface area contributed by atoms with E-state index < -0.39 is 10.1 Å². The molecule has 0 bridgehead atoms. The standard InChI is InChI=1S/C30H54NO3.C7H8O3S/c1-2-3-4-5-6-7-8-9-10-11-12-13-17-22-30-33-28-29(34-30)27-32-26-21-15-14-18-23-31-24-19-16-20-25-31;1-6-2-4-7(5-3-6)11(8,9)10/h16,19-20,24-25,29-30H,2-15,17-18,21-23,26-28H2,1H3;2-5H,1H3,(H,8,9,10)/q+1;/p-1. The Morgan fingerprint density at radius 3 is 1.93 bits per heavy atom. The highest BCUT2D eigenvalue weighted by molar-refractivity contribution is 7.85. The zero-order chi connectivity index (χ0) is 32.4. The van der Waals surface area contributed by atoms with Gasteiger partial charge in [-0.1, -0.05) is 114 Å². The van der Waals surface area contributed by atoms with Gasteiger partial charge >= 0.3 is 0 Å². The Morgan fingerprint density at radius 1 is 0.778 bits per heavy atom. The molecule has 2 heterocycles. The van der Waals surface area contributed by atoms with Gasteiger partial charge in [0.1, 0.15) is 22.8 Å². The van der Waals surface area contributed by atoms with Crippen LogP contribution in [-0.4, -0.2) is 45.2 Å². The second-order valence-corrected chi connectivity index (χ2v) is 13.8. The van der Waals surface area contributed by atoms with Crippen molar-refractivity contribution in [2.24, 2.45) is 0 Å². The van der Waals surface area contributed by atoms with Crippen LogP contribution in [0.3, 0.4) is 0 Å². The molecule has 1 aromatic carbocycles. The van der Waals surface area contributed by atoms with Gasteiger partial charge in [-0.15, -0.1) is 0 Å². The van der Waals surface area contributed by atoms with E-state index in [4.69, 9.17) is 14.2 Å². The summed E-state index contributed by atoms with van der Waals surface area (Å²) in [7, 11) is -4.27. The molecule has 1 aliphatic heterocycles. The van der Waals surface area contributed by atoms with E-state index in [9.17, 15) is 13.0 Å². The summed E-state index contributed by atoms with van der Waals surface area (Å²) in [6.45, 7) is 7.42. The van der Waals surface area contributed by atoms with Gasteiger partial charge in [0.05, 0.1) is 18.1 Å². The topological polar surface area (TPSA) is 88.8 Å². The summed E-state index contributed by atoms with van der Waals surface area (Å²) in [6.07, 6.45) is 28.4. The summed E-state index contributed by atoms with van der Waals surface area (Å²) < 4.78 is 51.1. The third kappa shape index (κ3) is 20.8. The van der Waals surface area contributed by atoms with Crippen LogP contribution >= 0.6 is 0 Å². The minimum Gasteiger partial charge on any atom is -0.744 e. The molecule has 1 fully saturated rings. The van der Waals surface area contributed by atoms with E-state index in [2.05, 4.69) is 42.1 Å². The normalized spacial score (nSPS) is 16.4. The zero-order valence-corrected chi connectivity index (χ0v) is 29.0. The predicted octanol–water partition coefficient (Wildman–Crippen LogP) is 8.67. The molecule has 0 amide bonds. The summed E-state index contributed by atoms with van der Waals surface area (Å²) in [4.78, 5) is -0.178. The van der Waals surface area contributed by atoms with Crippen LogP contribution in [0.2, 0.25) is 0 Å². The molecule has 256 valence electrons. The number of nitrogens with zero attached hydrogens (tertiary/aromatic N) is 1. The van der Waals surface area contributed by atoms with Crippen molar-refractivity contribution in [2.75, 3.05) is 19.8 Å². The summed E-state index contributed by atoms with van der Waals surface area (Å²) >= 11 is 0. The van der Waals surface area contributed by atoms with Crippen LogP contribution in [0, 0.1) is 6.92 Å². The molecule has 0 spiro atoms. The maximum absolute atomic E-state index is 10.4. The van der Waals surface area contributed by atoms with Crippen LogP contribution in [0.1, 0.15) is 128 Å². The average molecular weight is 648 g/mol. The molecule has 0 N–H and O–H groups in total. The maximum Gasteiger partial charge on any atom is 0.168 e. The molecular weight excluding hydrogens is 586 g/mol. The SMILES string of the molecule is CCCCCCCCCCCCCCCC1OCC(COCCCCCC[n+]2ccccc2)O1.Cc1ccc(S(=O)(=O)[O-])cc1. The van der Waals surface area contributed by atoms with E-state index in [1.165, 1.54) is 115 Å². The molecular formula is C37H61NO6S. The van der Waals surface area contributed by atoms with E-state index in [0.29, 0.717) is 13.2 Å². The van der Waals surface area contributed by atoms with E-state index >= 15 is 0 Å². The number of benzene rings is 1. The second-order valence-electron chi connectivity index (χ2n) is 12.4. The molecule has 7 nitrogen and oxygen atoms in total. The number of pyridine rings is 1. The van der Waals surface area contributed by atoms with Gasteiger partial charge in [-0.05, 0) is 44.7 Å². The number of unbranched alkanes of at least 4 members (excludes halogenated alkanes) is 15. The Kier molecular flexibility index (Phi) is 22.1. The quantitative estimate of drug-likeness (QED) is 0.0644. The largest absolute Gasteiger partial charge is 0.744 e. The predicted molar refractivity (Wildman–Crippen MR) is 180 cm³/mol. The summed E-state index contributed by atoms with van der Waals surface area (Å²) in [6, 6.07) is 12.0. The van der Waals surface area contributed by atoms with Crippen LogP contribution < -0.4 is 4.57 Å². The van der Waals surface area contributed by atoms with Gasteiger partial charge in [0.15, 0.2) is 18.7 Å². The number of ether oxygens (including phenoxy) is 3. The first kappa shape index (κ1) is 39.3. The first-order chi connectivity index (χ1) is 21.9. The van der Waals surface area contributed by atoms with Crippen molar-refractivity contribution in [3.8, 4) is 0 Å². The highest BCUT2D eigenvalue weighted by atomic mass is 32.2. The first-order valence-electron chi connectivity index (χ1n) is 17.7. The van der Waals surface area contributed by atoms with Crippen molar-refractivity contribution in [1.29, 1.82) is 0 Å². The van der Waals surface area contributed by atoms with E-state index in [-0.39, 0.29) is 17.3 Å². The van der Waals surface area contributed by atoms with Crippen molar-refractivity contribution < 1.29 is 31.7 Å². The van der Waals surface area contributed by atoms with Crippen LogP contribution in [-0.2, 0) is 30.9 Å². The van der Waals surface area contributed by atoms with Crippen molar-refractivity contribution in [2.45, 2.75) is 153 Å². The fraction of sp³-hybridized carbons (Fsp3) is 0.703. The van der Waals surface area contributed by atoms with E-state index in [0.717, 1.165) is 31.6 Å². The highest BCUT2D eigenvalue weighted by Gasteiger charge is 2.25. The number of hydrogen-bond donors (Lipinski definition) is 0. The van der Waals surface area contributed by atoms with E-state index in [1.54, 1.807) is 12.1 Å². The van der Waals surface area contributed by atoms with Gasteiger partial charge in [-0.25, -0.2) is 13.0 Å². The third-order valence-corrected chi connectivity index (χ3v) is 9.05. The summed E-state index contributed by atoms with van der Waals surface area (Å²) in [5, 5.41) is 0. The lowest BCUT2D eigenvalue weighted by Crippen LogP contribution is -2.32.